The third-order valence-electron chi connectivity index (χ3n) is 4.14. The van der Waals surface area contributed by atoms with Crippen LogP contribution < -0.4 is 0 Å². The SMILES string of the molecule is CC/C=C(\C)C(=O)N1CSC[C@@H]1C(=O)[C@H](C#N)c1ccc(C(F)(F)F)cn1. The molecule has 1 aliphatic rings. The molecule has 1 fully saturated rings. The second-order valence-corrected chi connectivity index (χ2v) is 7.02. The topological polar surface area (TPSA) is 74.1 Å². The maximum absolute atomic E-state index is 12.8. The number of rotatable bonds is 5. The highest BCUT2D eigenvalue weighted by atomic mass is 32.2. The van der Waals surface area contributed by atoms with E-state index in [2.05, 4.69) is 4.98 Å². The van der Waals surface area contributed by atoms with Crippen molar-refractivity contribution in [2.24, 2.45) is 0 Å². The molecule has 0 aliphatic carbocycles. The normalized spacial score (nSPS) is 18.9. The average Bonchev–Trinajstić information content (AvgIpc) is 3.11. The lowest BCUT2D eigenvalue weighted by molar-refractivity contribution is -0.137. The van der Waals surface area contributed by atoms with Gasteiger partial charge in [0.15, 0.2) is 5.78 Å². The van der Waals surface area contributed by atoms with Gasteiger partial charge < -0.3 is 4.90 Å². The molecule has 0 radical (unpaired) electrons. The number of amides is 1. The van der Waals surface area contributed by atoms with Crippen molar-refractivity contribution in [3.8, 4) is 6.07 Å². The molecule has 0 unspecified atom stereocenters. The lowest BCUT2D eigenvalue weighted by atomic mass is 9.95. The van der Waals surface area contributed by atoms with Gasteiger partial charge >= 0.3 is 6.18 Å². The number of carbonyl (C=O) groups is 2. The number of aromatic nitrogens is 1. The first kappa shape index (κ1) is 21.0. The van der Waals surface area contributed by atoms with E-state index >= 15 is 0 Å². The van der Waals surface area contributed by atoms with Crippen molar-refractivity contribution in [1.82, 2.24) is 9.88 Å². The zero-order chi connectivity index (χ0) is 20.2. The van der Waals surface area contributed by atoms with Gasteiger partial charge in [0.2, 0.25) is 5.91 Å². The number of hydrogen-bond donors (Lipinski definition) is 0. The second-order valence-electron chi connectivity index (χ2n) is 6.02. The van der Waals surface area contributed by atoms with Gasteiger partial charge in [-0.2, -0.15) is 18.4 Å². The van der Waals surface area contributed by atoms with Gasteiger partial charge in [0, 0.05) is 17.5 Å². The maximum Gasteiger partial charge on any atom is 0.417 e. The molecule has 5 nitrogen and oxygen atoms in total. The second kappa shape index (κ2) is 8.57. The van der Waals surface area contributed by atoms with Gasteiger partial charge in [0.25, 0.3) is 0 Å². The van der Waals surface area contributed by atoms with Crippen molar-refractivity contribution in [3.63, 3.8) is 0 Å². The fourth-order valence-electron chi connectivity index (χ4n) is 2.71. The predicted octanol–water partition coefficient (Wildman–Crippen LogP) is 3.53. The molecule has 2 rings (SSSR count). The van der Waals surface area contributed by atoms with Crippen LogP contribution in [0, 0.1) is 11.3 Å². The lowest BCUT2D eigenvalue weighted by Gasteiger charge is -2.24. The van der Waals surface area contributed by atoms with Crippen molar-refractivity contribution >= 4 is 23.5 Å². The minimum atomic E-state index is -4.55. The van der Waals surface area contributed by atoms with Gasteiger partial charge in [0.05, 0.1) is 23.2 Å². The molecule has 1 saturated heterocycles. The van der Waals surface area contributed by atoms with E-state index in [0.29, 0.717) is 29.8 Å². The summed E-state index contributed by atoms with van der Waals surface area (Å²) in [6, 6.07) is 2.83. The van der Waals surface area contributed by atoms with Crippen LogP contribution in [0.3, 0.4) is 0 Å². The Bertz CT molecular complexity index is 785. The van der Waals surface area contributed by atoms with Gasteiger partial charge in [-0.05, 0) is 25.5 Å². The van der Waals surface area contributed by atoms with Crippen LogP contribution in [0.4, 0.5) is 13.2 Å². The third kappa shape index (κ3) is 4.69. The Labute approximate surface area is 159 Å². The number of halogens is 3. The molecule has 1 aromatic rings. The largest absolute Gasteiger partial charge is 0.417 e. The van der Waals surface area contributed by atoms with Crippen LogP contribution >= 0.6 is 11.8 Å². The summed E-state index contributed by atoms with van der Waals surface area (Å²) in [5.74, 6) is -1.49. The third-order valence-corrected chi connectivity index (χ3v) is 5.15. The minimum Gasteiger partial charge on any atom is -0.319 e. The number of nitrogens with zero attached hydrogens (tertiary/aromatic N) is 3. The van der Waals surface area contributed by atoms with Gasteiger partial charge in [-0.25, -0.2) is 0 Å². The van der Waals surface area contributed by atoms with Crippen LogP contribution in [-0.4, -0.2) is 39.2 Å². The standard InChI is InChI=1S/C18H18F3N3O2S/c1-3-4-11(2)17(26)24-10-27-9-15(24)16(25)13(7-22)14-6-5-12(8-23-14)18(19,20)21/h4-6,8,13,15H,3,9-10H2,1-2H3/b11-4+/t13-,15-/m1/s1. The summed E-state index contributed by atoms with van der Waals surface area (Å²) in [7, 11) is 0. The van der Waals surface area contributed by atoms with Gasteiger partial charge in [0.1, 0.15) is 12.0 Å². The molecule has 144 valence electrons. The number of ketones is 1. The number of nitriles is 1. The summed E-state index contributed by atoms with van der Waals surface area (Å²) >= 11 is 1.39. The summed E-state index contributed by atoms with van der Waals surface area (Å²) in [5.41, 5.74) is -0.497. The molecule has 1 aliphatic heterocycles. The monoisotopic (exact) mass is 397 g/mol. The van der Waals surface area contributed by atoms with Crippen molar-refractivity contribution < 1.29 is 22.8 Å². The van der Waals surface area contributed by atoms with E-state index in [-0.39, 0.29) is 11.6 Å². The molecule has 0 spiro atoms. The molecule has 27 heavy (non-hydrogen) atoms. The van der Waals surface area contributed by atoms with E-state index in [1.165, 1.54) is 16.7 Å². The highest BCUT2D eigenvalue weighted by Gasteiger charge is 2.39. The predicted molar refractivity (Wildman–Crippen MR) is 94.6 cm³/mol. The lowest BCUT2D eigenvalue weighted by Crippen LogP contribution is -2.44. The molecule has 2 atom stereocenters. The Morgan fingerprint density at radius 2 is 2.19 bits per heavy atom. The van der Waals surface area contributed by atoms with E-state index < -0.39 is 29.5 Å². The fraction of sp³-hybridized carbons (Fsp3) is 0.444. The first-order valence-corrected chi connectivity index (χ1v) is 9.38. The van der Waals surface area contributed by atoms with E-state index in [0.717, 1.165) is 12.1 Å². The molecule has 1 amide bonds. The maximum atomic E-state index is 12.8. The zero-order valence-corrected chi connectivity index (χ0v) is 15.6. The molecule has 0 bridgehead atoms. The van der Waals surface area contributed by atoms with Crippen LogP contribution in [0.25, 0.3) is 0 Å². The fourth-order valence-corrected chi connectivity index (χ4v) is 3.88. The van der Waals surface area contributed by atoms with Crippen LogP contribution in [0.15, 0.2) is 30.0 Å². The number of hydrogen-bond acceptors (Lipinski definition) is 5. The molecular weight excluding hydrogens is 379 g/mol. The minimum absolute atomic E-state index is 0.0550. The van der Waals surface area contributed by atoms with Crippen LogP contribution in [0.5, 0.6) is 0 Å². The van der Waals surface area contributed by atoms with Gasteiger partial charge in [-0.1, -0.05) is 13.0 Å². The number of pyridine rings is 1. The van der Waals surface area contributed by atoms with Crippen LogP contribution in [-0.2, 0) is 15.8 Å². The molecular formula is C18H18F3N3O2S. The number of Topliss-reactive ketones (excluding diaryl/α,β-unsaturated/α-hetero) is 1. The van der Waals surface area contributed by atoms with Crippen LogP contribution in [0.2, 0.25) is 0 Å². The summed E-state index contributed by atoms with van der Waals surface area (Å²) in [5, 5.41) is 9.40. The van der Waals surface area contributed by atoms with Crippen molar-refractivity contribution in [2.45, 2.75) is 38.4 Å². The van der Waals surface area contributed by atoms with Crippen molar-refractivity contribution in [1.29, 1.82) is 5.26 Å². The van der Waals surface area contributed by atoms with E-state index in [1.807, 2.05) is 13.0 Å². The van der Waals surface area contributed by atoms with Crippen molar-refractivity contribution in [3.05, 3.63) is 41.2 Å². The average molecular weight is 397 g/mol. The zero-order valence-electron chi connectivity index (χ0n) is 14.8. The smallest absolute Gasteiger partial charge is 0.319 e. The van der Waals surface area contributed by atoms with E-state index in [1.54, 1.807) is 13.0 Å². The Morgan fingerprint density at radius 1 is 1.48 bits per heavy atom. The number of carbonyl (C=O) groups excluding carboxylic acids is 2. The molecule has 1 aromatic heterocycles. The number of allylic oxidation sites excluding steroid dienone is 1. The first-order valence-electron chi connectivity index (χ1n) is 8.22. The van der Waals surface area contributed by atoms with Gasteiger partial charge in [-0.15, -0.1) is 11.8 Å². The molecule has 0 saturated carbocycles. The Hall–Kier alpha value is -2.34. The molecule has 0 aromatic carbocycles. The number of thioether (sulfide) groups is 1. The number of alkyl halides is 3. The molecule has 2 heterocycles. The Kier molecular flexibility index (Phi) is 6.65. The summed E-state index contributed by atoms with van der Waals surface area (Å²) in [4.78, 5) is 30.4. The van der Waals surface area contributed by atoms with E-state index in [4.69, 9.17) is 0 Å². The Balaban J connectivity index is 2.24. The van der Waals surface area contributed by atoms with Crippen LogP contribution in [0.1, 0.15) is 37.4 Å². The summed E-state index contributed by atoms with van der Waals surface area (Å²) in [6.45, 7) is 3.55. The highest BCUT2D eigenvalue weighted by molar-refractivity contribution is 7.99. The van der Waals surface area contributed by atoms with Gasteiger partial charge in [-0.3, -0.25) is 14.6 Å². The Morgan fingerprint density at radius 3 is 2.70 bits per heavy atom. The highest BCUT2D eigenvalue weighted by Crippen LogP contribution is 2.31. The van der Waals surface area contributed by atoms with E-state index in [9.17, 15) is 28.0 Å². The quantitative estimate of drug-likeness (QED) is 0.711. The first-order chi connectivity index (χ1) is 12.7. The molecule has 0 N–H and O–H groups in total. The summed E-state index contributed by atoms with van der Waals surface area (Å²) in [6.07, 6.45) is -1.51. The van der Waals surface area contributed by atoms with Crippen molar-refractivity contribution in [2.75, 3.05) is 11.6 Å². The molecule has 9 heteroatoms. The summed E-state index contributed by atoms with van der Waals surface area (Å²) < 4.78 is 38.0.